The second-order valence-corrected chi connectivity index (χ2v) is 4.06. The zero-order valence-corrected chi connectivity index (χ0v) is 9.73. The van der Waals surface area contributed by atoms with Gasteiger partial charge in [-0.1, -0.05) is 0 Å². The number of nitrogens with one attached hydrogen (secondary N) is 1. The van der Waals surface area contributed by atoms with E-state index < -0.39 is 0 Å². The van der Waals surface area contributed by atoms with Crippen LogP contribution < -0.4 is 10.2 Å². The number of hydrogen-bond donors (Lipinski definition) is 1. The van der Waals surface area contributed by atoms with Crippen molar-refractivity contribution in [1.82, 2.24) is 10.3 Å². The molecule has 0 unspecified atom stereocenters. The molecule has 0 radical (unpaired) electrons. The molecule has 1 amide bonds. The first kappa shape index (κ1) is 11.4. The van der Waals surface area contributed by atoms with Crippen LogP contribution in [0.25, 0.3) is 0 Å². The fourth-order valence-corrected chi connectivity index (χ4v) is 1.91. The van der Waals surface area contributed by atoms with E-state index in [2.05, 4.69) is 16.4 Å². The Morgan fingerprint density at radius 1 is 1.59 bits per heavy atom. The van der Waals surface area contributed by atoms with E-state index in [-0.39, 0.29) is 12.5 Å². The smallest absolute Gasteiger partial charge is 0.239 e. The number of aryl methyl sites for hydroxylation is 1. The maximum atomic E-state index is 11.5. The lowest BCUT2D eigenvalue weighted by Crippen LogP contribution is -2.34. The van der Waals surface area contributed by atoms with Gasteiger partial charge >= 0.3 is 0 Å². The van der Waals surface area contributed by atoms with Crippen molar-refractivity contribution in [1.29, 1.82) is 5.26 Å². The number of nitriles is 1. The minimum atomic E-state index is -0.0188. The molecule has 0 atom stereocenters. The molecule has 5 heteroatoms. The fraction of sp³-hybridized carbons (Fsp3) is 0.417. The standard InChI is InChI=1S/C12H14N4O/c1-9-3-5-15-12(10(9)7-13)16-6-2-4-14-11(17)8-16/h3,5H,2,4,6,8H2,1H3,(H,14,17). The summed E-state index contributed by atoms with van der Waals surface area (Å²) in [5, 5.41) is 12.0. The quantitative estimate of drug-likeness (QED) is 0.766. The number of aromatic nitrogens is 1. The van der Waals surface area contributed by atoms with Crippen molar-refractivity contribution < 1.29 is 4.79 Å². The Hall–Kier alpha value is -2.09. The number of carbonyl (C=O) groups excluding carboxylic acids is 1. The Bertz CT molecular complexity index is 478. The van der Waals surface area contributed by atoms with E-state index in [9.17, 15) is 4.79 Å². The van der Waals surface area contributed by atoms with E-state index >= 15 is 0 Å². The third kappa shape index (κ3) is 2.36. The van der Waals surface area contributed by atoms with E-state index in [1.165, 1.54) is 0 Å². The summed E-state index contributed by atoms with van der Waals surface area (Å²) in [6.07, 6.45) is 2.54. The molecule has 1 fully saturated rings. The van der Waals surface area contributed by atoms with Crippen molar-refractivity contribution >= 4 is 11.7 Å². The second kappa shape index (κ2) is 4.83. The summed E-state index contributed by atoms with van der Waals surface area (Å²) >= 11 is 0. The van der Waals surface area contributed by atoms with Crippen molar-refractivity contribution in [2.45, 2.75) is 13.3 Å². The van der Waals surface area contributed by atoms with Crippen LogP contribution in [0.4, 0.5) is 5.82 Å². The highest BCUT2D eigenvalue weighted by Crippen LogP contribution is 2.20. The van der Waals surface area contributed by atoms with Gasteiger partial charge in [-0.2, -0.15) is 5.26 Å². The Morgan fingerprint density at radius 2 is 2.41 bits per heavy atom. The fourth-order valence-electron chi connectivity index (χ4n) is 1.91. The first-order valence-electron chi connectivity index (χ1n) is 5.59. The molecule has 1 saturated heterocycles. The summed E-state index contributed by atoms with van der Waals surface area (Å²) in [5.74, 6) is 0.597. The monoisotopic (exact) mass is 230 g/mol. The topological polar surface area (TPSA) is 69.0 Å². The molecule has 0 bridgehead atoms. The van der Waals surface area contributed by atoms with Gasteiger partial charge in [-0.25, -0.2) is 4.98 Å². The normalized spacial score (nSPS) is 16.0. The molecule has 2 rings (SSSR count). The minimum Gasteiger partial charge on any atom is -0.354 e. The van der Waals surface area contributed by atoms with Crippen LogP contribution in [-0.2, 0) is 4.79 Å². The predicted octanol–water partition coefficient (Wildman–Crippen LogP) is 0.588. The molecule has 2 heterocycles. The summed E-state index contributed by atoms with van der Waals surface area (Å²) in [5.41, 5.74) is 1.45. The molecule has 1 N–H and O–H groups in total. The molecule has 0 aliphatic carbocycles. The van der Waals surface area contributed by atoms with Crippen molar-refractivity contribution in [3.63, 3.8) is 0 Å². The highest BCUT2D eigenvalue weighted by Gasteiger charge is 2.19. The van der Waals surface area contributed by atoms with E-state index in [1.807, 2.05) is 11.8 Å². The Labute approximate surface area is 100 Å². The van der Waals surface area contributed by atoms with Gasteiger partial charge in [0, 0.05) is 19.3 Å². The Balaban J connectivity index is 2.36. The molecule has 5 nitrogen and oxygen atoms in total. The molecule has 0 spiro atoms. The number of amides is 1. The third-order valence-electron chi connectivity index (χ3n) is 2.81. The number of anilines is 1. The summed E-state index contributed by atoms with van der Waals surface area (Å²) in [6, 6.07) is 3.97. The van der Waals surface area contributed by atoms with E-state index in [1.54, 1.807) is 12.3 Å². The van der Waals surface area contributed by atoms with Gasteiger partial charge < -0.3 is 10.2 Å². The lowest BCUT2D eigenvalue weighted by atomic mass is 10.1. The minimum absolute atomic E-state index is 0.0188. The first-order valence-corrected chi connectivity index (χ1v) is 5.59. The van der Waals surface area contributed by atoms with Gasteiger partial charge in [0.05, 0.1) is 12.1 Å². The number of rotatable bonds is 1. The van der Waals surface area contributed by atoms with Crippen LogP contribution in [0.2, 0.25) is 0 Å². The van der Waals surface area contributed by atoms with Crippen LogP contribution in [0, 0.1) is 18.3 Å². The van der Waals surface area contributed by atoms with Gasteiger partial charge in [0.25, 0.3) is 0 Å². The van der Waals surface area contributed by atoms with Crippen LogP contribution in [0.15, 0.2) is 12.3 Å². The first-order chi connectivity index (χ1) is 8.22. The van der Waals surface area contributed by atoms with Crippen molar-refractivity contribution in [3.8, 4) is 6.07 Å². The van der Waals surface area contributed by atoms with Gasteiger partial charge in [0.1, 0.15) is 11.9 Å². The van der Waals surface area contributed by atoms with E-state index in [4.69, 9.17) is 5.26 Å². The van der Waals surface area contributed by atoms with Gasteiger partial charge in [0.15, 0.2) is 0 Å². The van der Waals surface area contributed by atoms with Gasteiger partial charge in [0.2, 0.25) is 5.91 Å². The largest absolute Gasteiger partial charge is 0.354 e. The van der Waals surface area contributed by atoms with Gasteiger partial charge in [-0.05, 0) is 25.0 Å². The molecule has 1 aliphatic rings. The molecule has 1 aromatic rings. The lowest BCUT2D eigenvalue weighted by molar-refractivity contribution is -0.119. The lowest BCUT2D eigenvalue weighted by Gasteiger charge is -2.21. The number of pyridine rings is 1. The van der Waals surface area contributed by atoms with Gasteiger partial charge in [-0.3, -0.25) is 4.79 Å². The van der Waals surface area contributed by atoms with Crippen LogP contribution in [0.1, 0.15) is 17.5 Å². The highest BCUT2D eigenvalue weighted by molar-refractivity contribution is 5.82. The SMILES string of the molecule is Cc1ccnc(N2CCCNC(=O)C2)c1C#N. The molecule has 17 heavy (non-hydrogen) atoms. The van der Waals surface area contributed by atoms with E-state index in [0.29, 0.717) is 17.9 Å². The molecule has 1 aliphatic heterocycles. The number of hydrogen-bond acceptors (Lipinski definition) is 4. The number of nitrogens with zero attached hydrogens (tertiary/aromatic N) is 3. The van der Waals surface area contributed by atoms with Crippen LogP contribution in [0.5, 0.6) is 0 Å². The zero-order chi connectivity index (χ0) is 12.3. The number of carbonyl (C=O) groups is 1. The van der Waals surface area contributed by atoms with Crippen molar-refractivity contribution in [2.75, 3.05) is 24.5 Å². The molecule has 1 aromatic heterocycles. The zero-order valence-electron chi connectivity index (χ0n) is 9.73. The average molecular weight is 230 g/mol. The maximum Gasteiger partial charge on any atom is 0.239 e. The molecular weight excluding hydrogens is 216 g/mol. The van der Waals surface area contributed by atoms with Crippen LogP contribution in [0.3, 0.4) is 0 Å². The Kier molecular flexibility index (Phi) is 3.24. The van der Waals surface area contributed by atoms with Crippen LogP contribution in [-0.4, -0.2) is 30.5 Å². The summed E-state index contributed by atoms with van der Waals surface area (Å²) in [4.78, 5) is 17.6. The molecule has 88 valence electrons. The van der Waals surface area contributed by atoms with Crippen LogP contribution >= 0.6 is 0 Å². The summed E-state index contributed by atoms with van der Waals surface area (Å²) in [6.45, 7) is 3.57. The van der Waals surface area contributed by atoms with E-state index in [0.717, 1.165) is 18.5 Å². The summed E-state index contributed by atoms with van der Waals surface area (Å²) in [7, 11) is 0. The predicted molar refractivity (Wildman–Crippen MR) is 63.5 cm³/mol. The highest BCUT2D eigenvalue weighted by atomic mass is 16.2. The summed E-state index contributed by atoms with van der Waals surface area (Å²) < 4.78 is 0. The maximum absolute atomic E-state index is 11.5. The molecular formula is C12H14N4O. The van der Waals surface area contributed by atoms with Crippen molar-refractivity contribution in [2.24, 2.45) is 0 Å². The van der Waals surface area contributed by atoms with Gasteiger partial charge in [-0.15, -0.1) is 0 Å². The Morgan fingerprint density at radius 3 is 3.18 bits per heavy atom. The average Bonchev–Trinajstić information content (AvgIpc) is 2.53. The molecule has 0 aromatic carbocycles. The third-order valence-corrected chi connectivity index (χ3v) is 2.81. The second-order valence-electron chi connectivity index (χ2n) is 4.06. The van der Waals surface area contributed by atoms with Crippen molar-refractivity contribution in [3.05, 3.63) is 23.4 Å². The molecule has 0 saturated carbocycles.